The Hall–Kier alpha value is -1.38. The molecule has 0 bridgehead atoms. The lowest BCUT2D eigenvalue weighted by atomic mass is 10.4. The molecule has 8 heteroatoms. The third-order valence-electron chi connectivity index (χ3n) is 2.89. The fourth-order valence-corrected chi connectivity index (χ4v) is 3.49. The molecule has 0 saturated heterocycles. The van der Waals surface area contributed by atoms with Gasteiger partial charge in [0.1, 0.15) is 10.6 Å². The third kappa shape index (κ3) is 3.38. The molecular weight excluding hydrogens is 284 g/mol. The molecule has 0 aliphatic rings. The Morgan fingerprint density at radius 1 is 1.35 bits per heavy atom. The number of aliphatic hydroxyl groups is 1. The van der Waals surface area contributed by atoms with Crippen molar-refractivity contribution in [3.8, 4) is 0 Å². The van der Waals surface area contributed by atoms with Crippen LogP contribution in [0.5, 0.6) is 0 Å². The van der Waals surface area contributed by atoms with Crippen LogP contribution in [-0.4, -0.2) is 53.2 Å². The van der Waals surface area contributed by atoms with Crippen LogP contribution < -0.4 is 0 Å². The molecule has 1 aromatic heterocycles. The molecule has 0 aromatic carbocycles. The van der Waals surface area contributed by atoms with E-state index in [1.807, 2.05) is 6.92 Å². The highest BCUT2D eigenvalue weighted by Crippen LogP contribution is 2.19. The van der Waals surface area contributed by atoms with E-state index < -0.39 is 16.0 Å². The number of hydrogen-bond donors (Lipinski definition) is 2. The zero-order valence-electron chi connectivity index (χ0n) is 11.6. The molecule has 114 valence electrons. The summed E-state index contributed by atoms with van der Waals surface area (Å²) in [6.07, 6.45) is 1.93. The summed E-state index contributed by atoms with van der Waals surface area (Å²) in [5.74, 6) is -1.17. The summed E-state index contributed by atoms with van der Waals surface area (Å²) in [5.41, 5.74) is -0.0634. The number of aliphatic hydroxyl groups excluding tert-OH is 1. The molecule has 0 aliphatic carbocycles. The topological polar surface area (TPSA) is 99.8 Å². The second-order valence-corrected chi connectivity index (χ2v) is 6.22. The van der Waals surface area contributed by atoms with E-state index >= 15 is 0 Å². The average Bonchev–Trinajstić information content (AvgIpc) is 2.83. The minimum absolute atomic E-state index is 0.00408. The summed E-state index contributed by atoms with van der Waals surface area (Å²) >= 11 is 0. The molecule has 0 saturated carbocycles. The van der Waals surface area contributed by atoms with Crippen LogP contribution in [0.4, 0.5) is 0 Å². The highest BCUT2D eigenvalue weighted by atomic mass is 32.2. The van der Waals surface area contributed by atoms with Crippen molar-refractivity contribution >= 4 is 16.0 Å². The molecule has 1 heterocycles. The maximum Gasteiger partial charge on any atom is 0.352 e. The predicted molar refractivity (Wildman–Crippen MR) is 73.2 cm³/mol. The van der Waals surface area contributed by atoms with Gasteiger partial charge >= 0.3 is 5.97 Å². The minimum atomic E-state index is -3.78. The summed E-state index contributed by atoms with van der Waals surface area (Å²) in [7, 11) is -3.78. The quantitative estimate of drug-likeness (QED) is 0.732. The fraction of sp³-hybridized carbons (Fsp3) is 0.583. The van der Waals surface area contributed by atoms with Crippen LogP contribution in [0.3, 0.4) is 0 Å². The maximum atomic E-state index is 12.4. The van der Waals surface area contributed by atoms with Crippen LogP contribution in [0.2, 0.25) is 0 Å². The van der Waals surface area contributed by atoms with E-state index in [0.29, 0.717) is 13.0 Å². The molecule has 0 radical (unpaired) electrons. The Labute approximate surface area is 118 Å². The summed E-state index contributed by atoms with van der Waals surface area (Å²) in [4.78, 5) is 11.0. The monoisotopic (exact) mass is 304 g/mol. The Morgan fingerprint density at radius 3 is 2.40 bits per heavy atom. The van der Waals surface area contributed by atoms with E-state index in [2.05, 4.69) is 0 Å². The smallest absolute Gasteiger partial charge is 0.352 e. The number of carbonyl (C=O) groups is 1. The van der Waals surface area contributed by atoms with E-state index in [0.717, 1.165) is 10.4 Å². The normalized spacial score (nSPS) is 12.0. The van der Waals surface area contributed by atoms with Crippen LogP contribution >= 0.6 is 0 Å². The molecule has 2 N–H and O–H groups in total. The molecule has 0 amide bonds. The number of carboxylic acid groups (broad SMARTS) is 1. The standard InChI is InChI=1S/C12H20N2O5S/c1-3-5-14(6-7-15)20(18,19)10-8-11(12(16)17)13(4-2)9-10/h8-9,15H,3-7H2,1-2H3,(H,16,17). The van der Waals surface area contributed by atoms with Gasteiger partial charge in [0, 0.05) is 25.8 Å². The predicted octanol–water partition coefficient (Wildman–Crippen LogP) is 0.599. The van der Waals surface area contributed by atoms with Crippen molar-refractivity contribution in [2.45, 2.75) is 31.7 Å². The van der Waals surface area contributed by atoms with Gasteiger partial charge in [0.05, 0.1) is 6.61 Å². The minimum Gasteiger partial charge on any atom is -0.477 e. The van der Waals surface area contributed by atoms with Crippen LogP contribution in [0.15, 0.2) is 17.2 Å². The lowest BCUT2D eigenvalue weighted by Gasteiger charge is -2.19. The largest absolute Gasteiger partial charge is 0.477 e. The Kier molecular flexibility index (Phi) is 5.73. The first-order valence-corrected chi connectivity index (χ1v) is 7.86. The van der Waals surface area contributed by atoms with Crippen molar-refractivity contribution in [3.63, 3.8) is 0 Å². The Morgan fingerprint density at radius 2 is 2.00 bits per heavy atom. The third-order valence-corrected chi connectivity index (χ3v) is 4.76. The number of nitrogens with zero attached hydrogens (tertiary/aromatic N) is 2. The number of rotatable bonds is 8. The average molecular weight is 304 g/mol. The van der Waals surface area contributed by atoms with Crippen LogP contribution in [-0.2, 0) is 16.6 Å². The van der Waals surface area contributed by atoms with Gasteiger partial charge in [-0.2, -0.15) is 4.31 Å². The van der Waals surface area contributed by atoms with E-state index in [-0.39, 0.29) is 30.3 Å². The zero-order chi connectivity index (χ0) is 15.3. The Balaban J connectivity index is 3.23. The van der Waals surface area contributed by atoms with Gasteiger partial charge in [0.2, 0.25) is 10.0 Å². The van der Waals surface area contributed by atoms with Gasteiger partial charge in [-0.25, -0.2) is 13.2 Å². The molecule has 0 unspecified atom stereocenters. The van der Waals surface area contributed by atoms with E-state index in [4.69, 9.17) is 10.2 Å². The van der Waals surface area contributed by atoms with Crippen molar-refractivity contribution in [2.24, 2.45) is 0 Å². The van der Waals surface area contributed by atoms with Gasteiger partial charge < -0.3 is 14.8 Å². The number of carboxylic acids is 1. The highest BCUT2D eigenvalue weighted by molar-refractivity contribution is 7.89. The van der Waals surface area contributed by atoms with Gasteiger partial charge in [-0.3, -0.25) is 0 Å². The second kappa shape index (κ2) is 6.87. The van der Waals surface area contributed by atoms with Crippen molar-refractivity contribution < 1.29 is 23.4 Å². The maximum absolute atomic E-state index is 12.4. The highest BCUT2D eigenvalue weighted by Gasteiger charge is 2.26. The molecule has 1 rings (SSSR count). The van der Waals surface area contributed by atoms with E-state index in [1.54, 1.807) is 6.92 Å². The molecule has 7 nitrogen and oxygen atoms in total. The first kappa shape index (κ1) is 16.7. The summed E-state index contributed by atoms with van der Waals surface area (Å²) < 4.78 is 27.4. The first-order valence-electron chi connectivity index (χ1n) is 6.42. The number of aromatic nitrogens is 1. The van der Waals surface area contributed by atoms with Gasteiger partial charge in [0.15, 0.2) is 0 Å². The van der Waals surface area contributed by atoms with Gasteiger partial charge in [0.25, 0.3) is 0 Å². The van der Waals surface area contributed by atoms with Crippen LogP contribution in [0, 0.1) is 0 Å². The molecule has 0 atom stereocenters. The molecule has 0 fully saturated rings. The van der Waals surface area contributed by atoms with Gasteiger partial charge in [-0.15, -0.1) is 0 Å². The van der Waals surface area contributed by atoms with Crippen LogP contribution in [0.1, 0.15) is 30.8 Å². The van der Waals surface area contributed by atoms with Crippen molar-refractivity contribution in [3.05, 3.63) is 18.0 Å². The van der Waals surface area contributed by atoms with Crippen molar-refractivity contribution in [1.29, 1.82) is 0 Å². The Bertz CT molecular complexity index is 558. The SMILES string of the molecule is CCCN(CCO)S(=O)(=O)c1cc(C(=O)O)n(CC)c1. The van der Waals surface area contributed by atoms with E-state index in [9.17, 15) is 13.2 Å². The lowest BCUT2D eigenvalue weighted by Crippen LogP contribution is -2.34. The molecule has 20 heavy (non-hydrogen) atoms. The number of aryl methyl sites for hydroxylation is 1. The van der Waals surface area contributed by atoms with Crippen molar-refractivity contribution in [1.82, 2.24) is 8.87 Å². The summed E-state index contributed by atoms with van der Waals surface area (Å²) in [5, 5.41) is 18.0. The second-order valence-electron chi connectivity index (χ2n) is 4.28. The number of aromatic carboxylic acids is 1. The number of sulfonamides is 1. The first-order chi connectivity index (χ1) is 9.38. The van der Waals surface area contributed by atoms with Gasteiger partial charge in [-0.1, -0.05) is 6.92 Å². The molecule has 0 aliphatic heterocycles. The van der Waals surface area contributed by atoms with Crippen molar-refractivity contribution in [2.75, 3.05) is 19.7 Å². The van der Waals surface area contributed by atoms with Gasteiger partial charge in [-0.05, 0) is 19.4 Å². The fourth-order valence-electron chi connectivity index (χ4n) is 1.93. The molecule has 0 spiro atoms. The zero-order valence-corrected chi connectivity index (χ0v) is 12.4. The van der Waals surface area contributed by atoms with E-state index in [1.165, 1.54) is 10.8 Å². The van der Waals surface area contributed by atoms with Crippen LogP contribution in [0.25, 0.3) is 0 Å². The lowest BCUT2D eigenvalue weighted by molar-refractivity contribution is 0.0685. The molecular formula is C12H20N2O5S. The molecule has 1 aromatic rings. The number of hydrogen-bond acceptors (Lipinski definition) is 4. The summed E-state index contributed by atoms with van der Waals surface area (Å²) in [6, 6.07) is 1.15. The summed E-state index contributed by atoms with van der Waals surface area (Å²) in [6.45, 7) is 3.93.